The zero-order valence-corrected chi connectivity index (χ0v) is 13.9. The van der Waals surface area contributed by atoms with Crippen molar-refractivity contribution in [2.75, 3.05) is 5.32 Å². The van der Waals surface area contributed by atoms with E-state index in [1.165, 1.54) is 0 Å². The Morgan fingerprint density at radius 2 is 1.81 bits per heavy atom. The van der Waals surface area contributed by atoms with Gasteiger partial charge in [0.25, 0.3) is 0 Å². The van der Waals surface area contributed by atoms with Gasteiger partial charge in [-0.25, -0.2) is 13.1 Å². The minimum absolute atomic E-state index is 0.126. The van der Waals surface area contributed by atoms with Gasteiger partial charge in [-0.3, -0.25) is 0 Å². The second kappa shape index (κ2) is 6.79. The third-order valence-corrected chi connectivity index (χ3v) is 5.23. The van der Waals surface area contributed by atoms with Gasteiger partial charge in [-0.15, -0.1) is 0 Å². The smallest absolute Gasteiger partial charge is 0.242 e. The Balaban J connectivity index is 2.09. The van der Waals surface area contributed by atoms with Crippen LogP contribution in [-0.2, 0) is 10.0 Å². The van der Waals surface area contributed by atoms with Crippen molar-refractivity contribution in [1.82, 2.24) is 4.72 Å². The largest absolute Gasteiger partial charge is 0.381 e. The Morgan fingerprint density at radius 1 is 1.14 bits per heavy atom. The summed E-state index contributed by atoms with van der Waals surface area (Å²) in [6, 6.07) is 7.53. The van der Waals surface area contributed by atoms with E-state index in [2.05, 4.69) is 30.8 Å². The van der Waals surface area contributed by atoms with Gasteiger partial charge in [0.15, 0.2) is 0 Å². The summed E-state index contributed by atoms with van der Waals surface area (Å²) in [5.41, 5.74) is 0.696. The summed E-state index contributed by atoms with van der Waals surface area (Å²) in [6.45, 7) is 6.50. The number of hydrogen-bond donors (Lipinski definition) is 2. The fraction of sp³-hybridized carbons (Fsp3) is 0.625. The first-order valence-corrected chi connectivity index (χ1v) is 9.24. The molecule has 1 aromatic carbocycles. The second-order valence-electron chi connectivity index (χ2n) is 6.41. The first-order valence-electron chi connectivity index (χ1n) is 7.76. The third-order valence-electron chi connectivity index (χ3n) is 3.65. The van der Waals surface area contributed by atoms with Crippen LogP contribution >= 0.6 is 0 Å². The van der Waals surface area contributed by atoms with Crippen LogP contribution in [0.2, 0.25) is 0 Å². The zero-order chi connectivity index (χ0) is 15.5. The van der Waals surface area contributed by atoms with Gasteiger partial charge in [-0.05, 0) is 50.7 Å². The summed E-state index contributed by atoms with van der Waals surface area (Å²) in [5, 5.41) is 3.35. The molecule has 0 heterocycles. The van der Waals surface area contributed by atoms with E-state index in [9.17, 15) is 8.42 Å². The molecule has 0 bridgehead atoms. The van der Waals surface area contributed by atoms with Gasteiger partial charge in [0.05, 0.1) is 5.69 Å². The molecule has 0 aliphatic heterocycles. The zero-order valence-electron chi connectivity index (χ0n) is 13.1. The van der Waals surface area contributed by atoms with Crippen LogP contribution in [0.25, 0.3) is 0 Å². The number of anilines is 1. The van der Waals surface area contributed by atoms with Crippen molar-refractivity contribution in [2.45, 2.75) is 63.4 Å². The number of para-hydroxylation sites is 1. The molecule has 118 valence electrons. The molecule has 1 saturated carbocycles. The van der Waals surface area contributed by atoms with Gasteiger partial charge in [0.1, 0.15) is 4.90 Å². The second-order valence-corrected chi connectivity index (χ2v) is 8.09. The van der Waals surface area contributed by atoms with Gasteiger partial charge < -0.3 is 5.32 Å². The van der Waals surface area contributed by atoms with Gasteiger partial charge in [-0.2, -0.15) is 0 Å². The van der Waals surface area contributed by atoms with Crippen molar-refractivity contribution >= 4 is 15.7 Å². The molecule has 1 unspecified atom stereocenters. The van der Waals surface area contributed by atoms with E-state index in [0.717, 1.165) is 25.7 Å². The van der Waals surface area contributed by atoms with Gasteiger partial charge in [0.2, 0.25) is 10.0 Å². The Hall–Kier alpha value is -1.07. The molecule has 1 fully saturated rings. The number of nitrogens with one attached hydrogen (secondary N) is 2. The van der Waals surface area contributed by atoms with Crippen molar-refractivity contribution in [3.05, 3.63) is 24.3 Å². The first-order chi connectivity index (χ1) is 9.88. The Morgan fingerprint density at radius 3 is 2.43 bits per heavy atom. The first kappa shape index (κ1) is 16.3. The summed E-state index contributed by atoms with van der Waals surface area (Å²) in [5.74, 6) is 0.657. The molecular weight excluding hydrogens is 284 g/mol. The van der Waals surface area contributed by atoms with Crippen molar-refractivity contribution in [2.24, 2.45) is 5.92 Å². The maximum Gasteiger partial charge on any atom is 0.242 e. The number of hydrogen-bond acceptors (Lipinski definition) is 3. The van der Waals surface area contributed by atoms with Crippen LogP contribution in [0, 0.1) is 5.92 Å². The Kier molecular flexibility index (Phi) is 5.27. The average molecular weight is 310 g/mol. The lowest BCUT2D eigenvalue weighted by atomic mass is 10.0. The molecule has 5 heteroatoms. The van der Waals surface area contributed by atoms with E-state index in [1.807, 2.05) is 12.1 Å². The van der Waals surface area contributed by atoms with E-state index >= 15 is 0 Å². The molecule has 0 amide bonds. The highest BCUT2D eigenvalue weighted by Gasteiger charge is 2.29. The molecular formula is C16H26N2O2S. The van der Waals surface area contributed by atoms with E-state index < -0.39 is 10.0 Å². The summed E-state index contributed by atoms with van der Waals surface area (Å²) in [6.07, 6.45) is 4.05. The minimum Gasteiger partial charge on any atom is -0.381 e. The molecule has 21 heavy (non-hydrogen) atoms. The van der Waals surface area contributed by atoms with E-state index in [1.54, 1.807) is 12.1 Å². The molecule has 1 aliphatic carbocycles. The molecule has 0 radical (unpaired) electrons. The van der Waals surface area contributed by atoms with Crippen molar-refractivity contribution in [3.63, 3.8) is 0 Å². The summed E-state index contributed by atoms with van der Waals surface area (Å²) in [4.78, 5) is 0.355. The molecule has 0 spiro atoms. The lowest BCUT2D eigenvalue weighted by molar-refractivity contribution is 0.527. The Labute approximate surface area is 128 Å². The molecule has 1 atom stereocenters. The molecule has 1 aliphatic rings. The van der Waals surface area contributed by atoms with Gasteiger partial charge in [0, 0.05) is 12.1 Å². The molecule has 1 aromatic rings. The molecule has 0 saturated heterocycles. The van der Waals surface area contributed by atoms with E-state index in [0.29, 0.717) is 16.5 Å². The summed E-state index contributed by atoms with van der Waals surface area (Å²) < 4.78 is 27.5. The summed E-state index contributed by atoms with van der Waals surface area (Å²) in [7, 11) is -3.42. The highest BCUT2D eigenvalue weighted by molar-refractivity contribution is 7.89. The van der Waals surface area contributed by atoms with Crippen molar-refractivity contribution in [1.29, 1.82) is 0 Å². The van der Waals surface area contributed by atoms with Crippen LogP contribution in [0.1, 0.15) is 46.5 Å². The van der Waals surface area contributed by atoms with E-state index in [-0.39, 0.29) is 12.1 Å². The van der Waals surface area contributed by atoms with Crippen LogP contribution in [-0.4, -0.2) is 20.5 Å². The highest BCUT2D eigenvalue weighted by atomic mass is 32.2. The number of sulfonamides is 1. The maximum absolute atomic E-state index is 12.4. The van der Waals surface area contributed by atoms with Crippen LogP contribution in [0.4, 0.5) is 5.69 Å². The highest BCUT2D eigenvalue weighted by Crippen LogP contribution is 2.26. The topological polar surface area (TPSA) is 58.2 Å². The van der Waals surface area contributed by atoms with E-state index in [4.69, 9.17) is 0 Å². The van der Waals surface area contributed by atoms with Gasteiger partial charge >= 0.3 is 0 Å². The van der Waals surface area contributed by atoms with Gasteiger partial charge in [-0.1, -0.05) is 26.0 Å². The van der Waals surface area contributed by atoms with Crippen LogP contribution in [0.3, 0.4) is 0 Å². The van der Waals surface area contributed by atoms with Crippen LogP contribution in [0.5, 0.6) is 0 Å². The molecule has 0 aromatic heterocycles. The van der Waals surface area contributed by atoms with Crippen molar-refractivity contribution < 1.29 is 8.42 Å². The SMILES string of the molecule is CC(C)CCC(C)Nc1ccccc1S(=O)(=O)NC1CC1. The fourth-order valence-electron chi connectivity index (χ4n) is 2.23. The maximum atomic E-state index is 12.4. The Bertz CT molecular complexity index is 565. The molecule has 4 nitrogen and oxygen atoms in total. The number of benzene rings is 1. The minimum atomic E-state index is -3.42. The normalized spacial score (nSPS) is 17.0. The predicted molar refractivity (Wildman–Crippen MR) is 86.9 cm³/mol. The number of rotatable bonds is 8. The molecule has 2 rings (SSSR count). The summed E-state index contributed by atoms with van der Waals surface area (Å²) >= 11 is 0. The predicted octanol–water partition coefficient (Wildman–Crippen LogP) is 3.36. The molecule has 2 N–H and O–H groups in total. The standard InChI is InChI=1S/C16H26N2O2S/c1-12(2)8-9-13(3)17-15-6-4-5-7-16(15)21(19,20)18-14-10-11-14/h4-7,12-14,17-18H,8-11H2,1-3H3. The lowest BCUT2D eigenvalue weighted by Gasteiger charge is -2.19. The van der Waals surface area contributed by atoms with Crippen molar-refractivity contribution in [3.8, 4) is 0 Å². The van der Waals surface area contributed by atoms with Crippen LogP contribution in [0.15, 0.2) is 29.2 Å². The lowest BCUT2D eigenvalue weighted by Crippen LogP contribution is -2.27. The monoisotopic (exact) mass is 310 g/mol. The average Bonchev–Trinajstić information content (AvgIpc) is 3.20. The van der Waals surface area contributed by atoms with Crippen LogP contribution < -0.4 is 10.0 Å². The third kappa shape index (κ3) is 5.00. The quantitative estimate of drug-likeness (QED) is 0.774. The fourth-order valence-corrected chi connectivity index (χ4v) is 3.70.